The Morgan fingerprint density at radius 1 is 1.31 bits per heavy atom. The Morgan fingerprint density at radius 2 is 1.96 bits per heavy atom. The molecule has 1 heterocycles. The highest BCUT2D eigenvalue weighted by Crippen LogP contribution is 2.32. The lowest BCUT2D eigenvalue weighted by Gasteiger charge is -2.37. The van der Waals surface area contributed by atoms with Gasteiger partial charge in [0.1, 0.15) is 0 Å². The number of unbranched alkanes of at least 4 members (excludes halogenated alkanes) is 2. The molecule has 26 heavy (non-hydrogen) atoms. The molecule has 0 aromatic carbocycles. The Labute approximate surface area is 171 Å². The number of nitrogens with zero attached hydrogens (tertiary/aromatic N) is 1. The number of hydrogen-bond acceptors (Lipinski definition) is 3. The quantitative estimate of drug-likeness (QED) is 0.218. The third kappa shape index (κ3) is 6.09. The van der Waals surface area contributed by atoms with Crippen molar-refractivity contribution in [2.45, 2.75) is 82.2 Å². The molecule has 1 rings (SSSR count). The molecular formula is C19H34IN3O3. The SMILES string of the molecule is CCCCCC(CC(N)=O)C(=O)NC(I)(C(=O)N1CCCC1C)C(C)C. The molecule has 150 valence electrons. The molecule has 3 atom stereocenters. The number of primary amides is 1. The maximum atomic E-state index is 13.2. The Kier molecular flexibility index (Phi) is 9.33. The molecule has 1 saturated heterocycles. The van der Waals surface area contributed by atoms with Crippen molar-refractivity contribution in [2.24, 2.45) is 17.6 Å². The van der Waals surface area contributed by atoms with Crippen LogP contribution >= 0.6 is 22.6 Å². The molecule has 7 heteroatoms. The maximum Gasteiger partial charge on any atom is 0.259 e. The maximum absolute atomic E-state index is 13.2. The normalized spacial score (nSPS) is 20.7. The van der Waals surface area contributed by atoms with Crippen LogP contribution in [0.3, 0.4) is 0 Å². The fraction of sp³-hybridized carbons (Fsp3) is 0.842. The van der Waals surface area contributed by atoms with Gasteiger partial charge in [-0.15, -0.1) is 0 Å². The summed E-state index contributed by atoms with van der Waals surface area (Å²) in [4.78, 5) is 39.3. The smallest absolute Gasteiger partial charge is 0.259 e. The Bertz CT molecular complexity index is 512. The minimum atomic E-state index is -1.01. The van der Waals surface area contributed by atoms with Crippen LogP contribution in [0.15, 0.2) is 0 Å². The minimum absolute atomic E-state index is 0.0225. The van der Waals surface area contributed by atoms with Crippen LogP contribution in [-0.4, -0.2) is 38.8 Å². The van der Waals surface area contributed by atoms with Crippen molar-refractivity contribution >= 4 is 40.3 Å². The molecule has 1 aliphatic heterocycles. The van der Waals surface area contributed by atoms with Crippen LogP contribution in [-0.2, 0) is 14.4 Å². The van der Waals surface area contributed by atoms with Gasteiger partial charge in [-0.1, -0.05) is 40.0 Å². The van der Waals surface area contributed by atoms with Gasteiger partial charge < -0.3 is 16.0 Å². The van der Waals surface area contributed by atoms with Gasteiger partial charge in [0.25, 0.3) is 5.91 Å². The van der Waals surface area contributed by atoms with Crippen molar-refractivity contribution in [3.8, 4) is 0 Å². The predicted octanol–water partition coefficient (Wildman–Crippen LogP) is 2.97. The lowest BCUT2D eigenvalue weighted by Crippen LogP contribution is -2.60. The molecule has 3 amide bonds. The number of likely N-dealkylation sites (tertiary alicyclic amines) is 1. The largest absolute Gasteiger partial charge is 0.370 e. The van der Waals surface area contributed by atoms with Gasteiger partial charge in [0.05, 0.1) is 0 Å². The van der Waals surface area contributed by atoms with Crippen molar-refractivity contribution in [1.29, 1.82) is 0 Å². The van der Waals surface area contributed by atoms with Gasteiger partial charge in [-0.3, -0.25) is 14.4 Å². The molecule has 1 fully saturated rings. The fourth-order valence-electron chi connectivity index (χ4n) is 3.38. The third-order valence-electron chi connectivity index (χ3n) is 5.20. The van der Waals surface area contributed by atoms with E-state index in [4.69, 9.17) is 5.73 Å². The first-order valence-corrected chi connectivity index (χ1v) is 10.8. The molecule has 0 aliphatic carbocycles. The lowest BCUT2D eigenvalue weighted by molar-refractivity contribution is -0.140. The summed E-state index contributed by atoms with van der Waals surface area (Å²) in [6.45, 7) is 8.74. The number of hydrogen-bond donors (Lipinski definition) is 2. The van der Waals surface area contributed by atoms with Crippen LogP contribution in [0.25, 0.3) is 0 Å². The van der Waals surface area contributed by atoms with E-state index in [9.17, 15) is 14.4 Å². The van der Waals surface area contributed by atoms with Gasteiger partial charge in [0.2, 0.25) is 11.8 Å². The molecule has 3 N–H and O–H groups in total. The molecule has 6 nitrogen and oxygen atoms in total. The monoisotopic (exact) mass is 479 g/mol. The van der Waals surface area contributed by atoms with Crippen molar-refractivity contribution < 1.29 is 14.4 Å². The van der Waals surface area contributed by atoms with Crippen LogP contribution in [0.5, 0.6) is 0 Å². The summed E-state index contributed by atoms with van der Waals surface area (Å²) in [5.74, 6) is -1.32. The Hall–Kier alpha value is -0.860. The van der Waals surface area contributed by atoms with Crippen molar-refractivity contribution in [3.05, 3.63) is 0 Å². The molecule has 0 aromatic rings. The standard InChI is InChI=1S/C19H34IN3O3/c1-5-6-7-10-15(12-16(21)24)17(25)22-19(20,13(2)3)18(26)23-11-8-9-14(23)4/h13-15H,5-12H2,1-4H3,(H2,21,24)(H,22,25). The molecule has 0 bridgehead atoms. The van der Waals surface area contributed by atoms with Gasteiger partial charge in [-0.05, 0) is 54.7 Å². The van der Waals surface area contributed by atoms with Crippen LogP contribution < -0.4 is 11.1 Å². The Morgan fingerprint density at radius 3 is 2.42 bits per heavy atom. The van der Waals surface area contributed by atoms with E-state index in [1.807, 2.05) is 25.7 Å². The van der Waals surface area contributed by atoms with E-state index in [1.54, 1.807) is 0 Å². The van der Waals surface area contributed by atoms with Crippen molar-refractivity contribution in [3.63, 3.8) is 0 Å². The first-order valence-electron chi connectivity index (χ1n) is 9.73. The second kappa shape index (κ2) is 10.5. The molecule has 1 aliphatic rings. The molecule has 0 saturated carbocycles. The van der Waals surface area contributed by atoms with Crippen LogP contribution in [0.2, 0.25) is 0 Å². The van der Waals surface area contributed by atoms with Gasteiger partial charge >= 0.3 is 0 Å². The highest BCUT2D eigenvalue weighted by molar-refractivity contribution is 14.1. The number of carbonyl (C=O) groups is 3. The molecular weight excluding hydrogens is 445 g/mol. The number of rotatable bonds is 10. The first-order chi connectivity index (χ1) is 12.1. The number of nitrogens with two attached hydrogens (primary N) is 1. The van der Waals surface area contributed by atoms with E-state index in [0.29, 0.717) is 6.42 Å². The summed E-state index contributed by atoms with van der Waals surface area (Å²) in [5, 5.41) is 2.97. The van der Waals surface area contributed by atoms with Gasteiger partial charge in [0, 0.05) is 24.9 Å². The third-order valence-corrected chi connectivity index (χ3v) is 7.18. The van der Waals surface area contributed by atoms with Gasteiger partial charge in [0.15, 0.2) is 3.55 Å². The van der Waals surface area contributed by atoms with E-state index in [-0.39, 0.29) is 30.2 Å². The second-order valence-electron chi connectivity index (χ2n) is 7.71. The van der Waals surface area contributed by atoms with Crippen molar-refractivity contribution in [2.75, 3.05) is 6.54 Å². The van der Waals surface area contributed by atoms with E-state index in [0.717, 1.165) is 38.6 Å². The molecule has 3 unspecified atom stereocenters. The summed E-state index contributed by atoms with van der Waals surface area (Å²) in [6.07, 6.45) is 5.54. The fourth-order valence-corrected chi connectivity index (χ4v) is 3.96. The molecule has 0 spiro atoms. The minimum Gasteiger partial charge on any atom is -0.370 e. The van der Waals surface area contributed by atoms with E-state index in [1.165, 1.54) is 0 Å². The zero-order valence-electron chi connectivity index (χ0n) is 16.5. The molecule has 0 aromatic heterocycles. The Balaban J connectivity index is 2.92. The van der Waals surface area contributed by atoms with Crippen LogP contribution in [0.1, 0.15) is 72.6 Å². The van der Waals surface area contributed by atoms with Crippen LogP contribution in [0.4, 0.5) is 0 Å². The van der Waals surface area contributed by atoms with E-state index in [2.05, 4.69) is 34.8 Å². The second-order valence-corrected chi connectivity index (χ2v) is 9.41. The number of carbonyl (C=O) groups excluding carboxylic acids is 3. The first kappa shape index (κ1) is 23.2. The summed E-state index contributed by atoms with van der Waals surface area (Å²) < 4.78 is -1.01. The van der Waals surface area contributed by atoms with Crippen LogP contribution in [0, 0.1) is 11.8 Å². The predicted molar refractivity (Wildman–Crippen MR) is 112 cm³/mol. The van der Waals surface area contributed by atoms with E-state index >= 15 is 0 Å². The molecule has 0 radical (unpaired) electrons. The number of alkyl halides is 1. The zero-order chi connectivity index (χ0) is 19.9. The summed E-state index contributed by atoms with van der Waals surface area (Å²) in [5.41, 5.74) is 5.34. The summed E-state index contributed by atoms with van der Waals surface area (Å²) in [6, 6.07) is 0.193. The highest BCUT2D eigenvalue weighted by Gasteiger charge is 2.45. The average molecular weight is 479 g/mol. The number of amides is 3. The lowest BCUT2D eigenvalue weighted by atomic mass is 9.94. The van der Waals surface area contributed by atoms with Crippen molar-refractivity contribution in [1.82, 2.24) is 10.2 Å². The summed E-state index contributed by atoms with van der Waals surface area (Å²) >= 11 is 2.08. The topological polar surface area (TPSA) is 92.5 Å². The number of halogens is 1. The zero-order valence-corrected chi connectivity index (χ0v) is 18.7. The van der Waals surface area contributed by atoms with E-state index < -0.39 is 15.4 Å². The summed E-state index contributed by atoms with van der Waals surface area (Å²) in [7, 11) is 0. The highest BCUT2D eigenvalue weighted by atomic mass is 127. The van der Waals surface area contributed by atoms with Gasteiger partial charge in [-0.25, -0.2) is 0 Å². The van der Waals surface area contributed by atoms with Gasteiger partial charge in [-0.2, -0.15) is 0 Å². The number of nitrogens with one attached hydrogen (secondary N) is 1. The average Bonchev–Trinajstić information content (AvgIpc) is 2.98.